The maximum absolute atomic E-state index is 12.9. The molecule has 0 unspecified atom stereocenters. The van der Waals surface area contributed by atoms with E-state index in [9.17, 15) is 9.59 Å². The lowest BCUT2D eigenvalue weighted by Crippen LogP contribution is -2.43. The molecule has 0 spiro atoms. The highest BCUT2D eigenvalue weighted by Gasteiger charge is 2.31. The van der Waals surface area contributed by atoms with Gasteiger partial charge in [-0.2, -0.15) is 5.10 Å². The van der Waals surface area contributed by atoms with Crippen LogP contribution in [0.25, 0.3) is 11.5 Å². The minimum absolute atomic E-state index is 0.0125. The molecule has 0 aliphatic carbocycles. The van der Waals surface area contributed by atoms with E-state index in [1.807, 2.05) is 39.4 Å². The number of likely N-dealkylation sites (tertiary alicyclic amines) is 1. The van der Waals surface area contributed by atoms with Gasteiger partial charge < -0.3 is 14.4 Å². The molecule has 2 aliphatic heterocycles. The summed E-state index contributed by atoms with van der Waals surface area (Å²) in [6, 6.07) is 10.1. The molecular formula is C22H25N7O2. The van der Waals surface area contributed by atoms with Crippen LogP contribution >= 0.6 is 0 Å². The predicted molar refractivity (Wildman–Crippen MR) is 113 cm³/mol. The fourth-order valence-corrected chi connectivity index (χ4v) is 4.45. The second-order valence-electron chi connectivity index (χ2n) is 8.15. The Kier molecular flexibility index (Phi) is 5.01. The van der Waals surface area contributed by atoms with Gasteiger partial charge in [-0.05, 0) is 12.0 Å². The van der Waals surface area contributed by atoms with Crippen LogP contribution in [0.5, 0.6) is 0 Å². The van der Waals surface area contributed by atoms with Gasteiger partial charge in [-0.1, -0.05) is 30.3 Å². The Morgan fingerprint density at radius 2 is 1.97 bits per heavy atom. The number of nitrogens with zero attached hydrogens (tertiary/aromatic N) is 7. The number of aryl methyl sites for hydroxylation is 1. The first-order chi connectivity index (χ1) is 15.1. The highest BCUT2D eigenvalue weighted by molar-refractivity contribution is 5.86. The van der Waals surface area contributed by atoms with Gasteiger partial charge in [0.2, 0.25) is 11.8 Å². The largest absolute Gasteiger partial charge is 0.336 e. The van der Waals surface area contributed by atoms with Crippen molar-refractivity contribution in [3.8, 4) is 11.5 Å². The van der Waals surface area contributed by atoms with E-state index in [2.05, 4.69) is 22.3 Å². The lowest BCUT2D eigenvalue weighted by Gasteiger charge is -2.29. The monoisotopic (exact) mass is 419 g/mol. The van der Waals surface area contributed by atoms with E-state index >= 15 is 0 Å². The molecule has 31 heavy (non-hydrogen) atoms. The molecule has 0 saturated carbocycles. The molecule has 2 amide bonds. The van der Waals surface area contributed by atoms with E-state index in [1.54, 1.807) is 11.2 Å². The van der Waals surface area contributed by atoms with Crippen LogP contribution < -0.4 is 0 Å². The molecule has 1 aromatic carbocycles. The SMILES string of the molecule is Cn1nc(-c2nncn2Cc2ccccc2)c2c1CCN(C(=O)CN1CCCC1=O)C2. The maximum atomic E-state index is 12.9. The first kappa shape index (κ1) is 19.5. The zero-order valence-electron chi connectivity index (χ0n) is 17.6. The van der Waals surface area contributed by atoms with Crippen molar-refractivity contribution < 1.29 is 9.59 Å². The van der Waals surface area contributed by atoms with E-state index in [4.69, 9.17) is 5.10 Å². The van der Waals surface area contributed by atoms with Crippen molar-refractivity contribution >= 4 is 11.8 Å². The van der Waals surface area contributed by atoms with Gasteiger partial charge in [0.1, 0.15) is 12.0 Å². The number of fused-ring (bicyclic) bond motifs is 1. The summed E-state index contributed by atoms with van der Waals surface area (Å²) in [6.45, 7) is 2.58. The lowest BCUT2D eigenvalue weighted by atomic mass is 10.0. The molecule has 4 heterocycles. The number of benzene rings is 1. The van der Waals surface area contributed by atoms with Gasteiger partial charge in [0.25, 0.3) is 0 Å². The zero-order valence-corrected chi connectivity index (χ0v) is 17.6. The molecule has 9 heteroatoms. The number of carbonyl (C=O) groups excluding carboxylic acids is 2. The van der Waals surface area contributed by atoms with Gasteiger partial charge >= 0.3 is 0 Å². The molecule has 2 aromatic heterocycles. The van der Waals surface area contributed by atoms with E-state index < -0.39 is 0 Å². The van der Waals surface area contributed by atoms with Crippen molar-refractivity contribution in [1.82, 2.24) is 34.3 Å². The van der Waals surface area contributed by atoms with Crippen LogP contribution in [0.4, 0.5) is 0 Å². The molecule has 1 fully saturated rings. The summed E-state index contributed by atoms with van der Waals surface area (Å²) in [5.74, 6) is 0.758. The minimum atomic E-state index is -0.0125. The van der Waals surface area contributed by atoms with Crippen molar-refractivity contribution in [2.45, 2.75) is 32.4 Å². The number of carbonyl (C=O) groups is 2. The zero-order chi connectivity index (χ0) is 21.4. The van der Waals surface area contributed by atoms with Crippen LogP contribution in [-0.4, -0.2) is 65.8 Å². The van der Waals surface area contributed by atoms with Gasteiger partial charge in [0.05, 0.1) is 13.1 Å². The summed E-state index contributed by atoms with van der Waals surface area (Å²) in [5.41, 5.74) is 4.05. The summed E-state index contributed by atoms with van der Waals surface area (Å²) in [7, 11) is 1.93. The summed E-state index contributed by atoms with van der Waals surface area (Å²) < 4.78 is 3.87. The summed E-state index contributed by atoms with van der Waals surface area (Å²) in [6.07, 6.45) is 3.82. The molecular weight excluding hydrogens is 394 g/mol. The number of hydrogen-bond acceptors (Lipinski definition) is 5. The van der Waals surface area contributed by atoms with Crippen molar-refractivity contribution in [3.05, 3.63) is 53.5 Å². The van der Waals surface area contributed by atoms with Crippen molar-refractivity contribution in [3.63, 3.8) is 0 Å². The Morgan fingerprint density at radius 3 is 2.74 bits per heavy atom. The highest BCUT2D eigenvalue weighted by Crippen LogP contribution is 2.29. The third kappa shape index (κ3) is 3.71. The van der Waals surface area contributed by atoms with Crippen molar-refractivity contribution in [1.29, 1.82) is 0 Å². The first-order valence-corrected chi connectivity index (χ1v) is 10.6. The predicted octanol–water partition coefficient (Wildman–Crippen LogP) is 1.23. The second kappa shape index (κ2) is 7.98. The Morgan fingerprint density at radius 1 is 1.13 bits per heavy atom. The topological polar surface area (TPSA) is 89.2 Å². The van der Waals surface area contributed by atoms with Gasteiger partial charge in [-0.3, -0.25) is 14.3 Å². The molecule has 160 valence electrons. The summed E-state index contributed by atoms with van der Waals surface area (Å²) in [4.78, 5) is 28.3. The number of aromatic nitrogens is 5. The van der Waals surface area contributed by atoms with Crippen LogP contribution in [-0.2, 0) is 36.1 Å². The molecule has 2 aliphatic rings. The fraction of sp³-hybridized carbons (Fsp3) is 0.409. The first-order valence-electron chi connectivity index (χ1n) is 10.6. The summed E-state index contributed by atoms with van der Waals surface area (Å²) >= 11 is 0. The van der Waals surface area contributed by atoms with Crippen molar-refractivity contribution in [2.75, 3.05) is 19.6 Å². The molecule has 0 atom stereocenters. The van der Waals surface area contributed by atoms with Gasteiger partial charge in [0.15, 0.2) is 5.82 Å². The molecule has 3 aromatic rings. The van der Waals surface area contributed by atoms with Crippen LogP contribution in [0, 0.1) is 0 Å². The maximum Gasteiger partial charge on any atom is 0.242 e. The third-order valence-corrected chi connectivity index (χ3v) is 6.12. The van der Waals surface area contributed by atoms with E-state index in [-0.39, 0.29) is 18.4 Å². The molecule has 9 nitrogen and oxygen atoms in total. The third-order valence-electron chi connectivity index (χ3n) is 6.12. The van der Waals surface area contributed by atoms with Gasteiger partial charge in [0, 0.05) is 50.8 Å². The van der Waals surface area contributed by atoms with Crippen LogP contribution in [0.15, 0.2) is 36.7 Å². The second-order valence-corrected chi connectivity index (χ2v) is 8.15. The Hall–Kier alpha value is -3.49. The van der Waals surface area contributed by atoms with E-state index in [1.165, 1.54) is 0 Å². The standard InChI is InChI=1S/C22H25N7O2/c1-26-18-9-11-28(20(31)14-27-10-5-8-19(27)30)13-17(18)21(25-26)22-24-23-15-29(22)12-16-6-3-2-4-7-16/h2-4,6-7,15H,5,8-14H2,1H3. The minimum Gasteiger partial charge on any atom is -0.336 e. The van der Waals surface area contributed by atoms with E-state index in [0.29, 0.717) is 38.4 Å². The fourth-order valence-electron chi connectivity index (χ4n) is 4.45. The van der Waals surface area contributed by atoms with Crippen LogP contribution in [0.3, 0.4) is 0 Å². The quantitative estimate of drug-likeness (QED) is 0.621. The van der Waals surface area contributed by atoms with Gasteiger partial charge in [-0.25, -0.2) is 0 Å². The Bertz CT molecular complexity index is 1120. The normalized spacial score (nSPS) is 16.1. The molecule has 0 bridgehead atoms. The highest BCUT2D eigenvalue weighted by atomic mass is 16.2. The lowest BCUT2D eigenvalue weighted by molar-refractivity contribution is -0.139. The average Bonchev–Trinajstić information content (AvgIpc) is 3.48. The molecule has 0 radical (unpaired) electrons. The molecule has 0 N–H and O–H groups in total. The molecule has 5 rings (SSSR count). The average molecular weight is 419 g/mol. The number of hydrogen-bond donors (Lipinski definition) is 0. The van der Waals surface area contributed by atoms with Crippen molar-refractivity contribution in [2.24, 2.45) is 7.05 Å². The van der Waals surface area contributed by atoms with Crippen LogP contribution in [0.2, 0.25) is 0 Å². The van der Waals surface area contributed by atoms with Gasteiger partial charge in [-0.15, -0.1) is 10.2 Å². The smallest absolute Gasteiger partial charge is 0.242 e. The van der Waals surface area contributed by atoms with E-state index in [0.717, 1.165) is 35.4 Å². The van der Waals surface area contributed by atoms with Crippen LogP contribution in [0.1, 0.15) is 29.7 Å². The Balaban J connectivity index is 1.40. The molecule has 1 saturated heterocycles. The number of amides is 2. The Labute approximate surface area is 180 Å². The summed E-state index contributed by atoms with van der Waals surface area (Å²) in [5, 5.41) is 13.2. The number of rotatable bonds is 5.